The van der Waals surface area contributed by atoms with Crippen LogP contribution in [0.15, 0.2) is 91.0 Å². The van der Waals surface area contributed by atoms with Gasteiger partial charge in [-0.2, -0.15) is 0 Å². The molecule has 7 aromatic carbocycles. The zero-order valence-corrected chi connectivity index (χ0v) is 35.5. The highest BCUT2D eigenvalue weighted by molar-refractivity contribution is 6.13. The van der Waals surface area contributed by atoms with E-state index in [1.807, 2.05) is 0 Å². The predicted octanol–water partition coefficient (Wildman–Crippen LogP) is 14.7. The van der Waals surface area contributed by atoms with Crippen LogP contribution in [-0.4, -0.2) is 13.7 Å². The summed E-state index contributed by atoms with van der Waals surface area (Å²) >= 11 is 0. The molecular weight excluding hydrogens is 691 g/mol. The van der Waals surface area contributed by atoms with Crippen molar-refractivity contribution in [3.8, 4) is 17.1 Å². The maximum atomic E-state index is 2.54. The Hall–Kier alpha value is -6.06. The Morgan fingerprint density at radius 2 is 0.333 bits per heavy atom. The van der Waals surface area contributed by atoms with E-state index >= 15 is 0 Å². The standard InChI is InChI=1S/C54H51N3/c1-28-13-43-44-14-29(2)35(8)20-50(44)55(49(43)19-34(28)7)40-25-41(56-51-21-36(9)30(3)15-45(51)46-16-31(4)37(10)22-52(46)56)27-42(26-40)57-53-23-38(11)32(5)17-47(53)48-18-33(6)39(12)24-54(48)57/h13-27H,1-12H3. The third-order valence-electron chi connectivity index (χ3n) is 13.7. The number of nitrogens with zero attached hydrogens (tertiary/aromatic N) is 3. The normalized spacial score (nSPS) is 12.2. The lowest BCUT2D eigenvalue weighted by molar-refractivity contribution is 1.09. The summed E-state index contributed by atoms with van der Waals surface area (Å²) in [6, 6.07) is 36.1. The third kappa shape index (κ3) is 5.11. The first kappa shape index (κ1) is 35.4. The largest absolute Gasteiger partial charge is 0.309 e. The van der Waals surface area contributed by atoms with E-state index in [4.69, 9.17) is 0 Å². The summed E-state index contributed by atoms with van der Waals surface area (Å²) in [5, 5.41) is 7.78. The lowest BCUT2D eigenvalue weighted by atomic mass is 10.0. The second-order valence-corrected chi connectivity index (χ2v) is 17.4. The van der Waals surface area contributed by atoms with E-state index in [1.165, 1.54) is 132 Å². The molecule has 0 saturated heterocycles. The van der Waals surface area contributed by atoms with Crippen LogP contribution in [0.5, 0.6) is 0 Å². The molecule has 10 aromatic rings. The van der Waals surface area contributed by atoms with Crippen molar-refractivity contribution < 1.29 is 0 Å². The van der Waals surface area contributed by atoms with Crippen molar-refractivity contribution in [2.24, 2.45) is 0 Å². The molecule has 0 atom stereocenters. The van der Waals surface area contributed by atoms with Gasteiger partial charge in [-0.1, -0.05) is 0 Å². The molecule has 3 aromatic heterocycles. The van der Waals surface area contributed by atoms with Crippen LogP contribution in [0.4, 0.5) is 0 Å². The van der Waals surface area contributed by atoms with Gasteiger partial charge in [-0.15, -0.1) is 0 Å². The SMILES string of the molecule is Cc1cc2c3cc(C)c(C)cc3n(-c3cc(-n4c5cc(C)c(C)cc5c5cc(C)c(C)cc54)cc(-n4c5cc(C)c(C)cc5c5cc(C)c(C)cc54)c3)c2cc1C. The van der Waals surface area contributed by atoms with Gasteiger partial charge in [0.05, 0.1) is 50.2 Å². The van der Waals surface area contributed by atoms with E-state index < -0.39 is 0 Å². The Kier molecular flexibility index (Phi) is 7.58. The van der Waals surface area contributed by atoms with Crippen LogP contribution in [0.1, 0.15) is 66.8 Å². The number of hydrogen-bond acceptors (Lipinski definition) is 0. The molecule has 3 heteroatoms. The van der Waals surface area contributed by atoms with Gasteiger partial charge in [0.1, 0.15) is 0 Å². The molecule has 0 aliphatic carbocycles. The fourth-order valence-electron chi connectivity index (χ4n) is 9.40. The Labute approximate surface area is 335 Å². The first-order chi connectivity index (χ1) is 27.2. The van der Waals surface area contributed by atoms with Crippen molar-refractivity contribution in [3.05, 3.63) is 158 Å². The van der Waals surface area contributed by atoms with Gasteiger partial charge >= 0.3 is 0 Å². The van der Waals surface area contributed by atoms with Gasteiger partial charge < -0.3 is 13.7 Å². The number of benzene rings is 7. The second kappa shape index (κ2) is 12.2. The monoisotopic (exact) mass is 741 g/mol. The fraction of sp³-hybridized carbons (Fsp3) is 0.222. The molecule has 0 spiro atoms. The highest BCUT2D eigenvalue weighted by Crippen LogP contribution is 2.42. The molecular formula is C54H51N3. The van der Waals surface area contributed by atoms with Gasteiger partial charge in [-0.3, -0.25) is 0 Å². The Balaban J connectivity index is 1.42. The summed E-state index contributed by atoms with van der Waals surface area (Å²) < 4.78 is 7.61. The van der Waals surface area contributed by atoms with Crippen LogP contribution < -0.4 is 0 Å². The van der Waals surface area contributed by atoms with Crippen molar-refractivity contribution in [2.45, 2.75) is 83.1 Å². The fourth-order valence-corrected chi connectivity index (χ4v) is 9.40. The minimum atomic E-state index is 1.15. The maximum Gasteiger partial charge on any atom is 0.0543 e. The van der Waals surface area contributed by atoms with Crippen LogP contribution in [0.2, 0.25) is 0 Å². The van der Waals surface area contributed by atoms with Crippen LogP contribution in [0.25, 0.3) is 82.5 Å². The Morgan fingerprint density at radius 3 is 0.491 bits per heavy atom. The highest BCUT2D eigenvalue weighted by atomic mass is 15.0. The van der Waals surface area contributed by atoms with Crippen molar-refractivity contribution >= 4 is 65.4 Å². The Morgan fingerprint density at radius 1 is 0.193 bits per heavy atom. The highest BCUT2D eigenvalue weighted by Gasteiger charge is 2.22. The molecule has 10 rings (SSSR count). The van der Waals surface area contributed by atoms with Gasteiger partial charge in [0.15, 0.2) is 0 Å². The summed E-state index contributed by atoms with van der Waals surface area (Å²) in [5.41, 5.74) is 26.6. The summed E-state index contributed by atoms with van der Waals surface area (Å²) in [6.07, 6.45) is 0. The molecule has 0 aliphatic rings. The lowest BCUT2D eigenvalue weighted by Crippen LogP contribution is -2.04. The summed E-state index contributed by atoms with van der Waals surface area (Å²) in [4.78, 5) is 0. The lowest BCUT2D eigenvalue weighted by Gasteiger charge is -2.18. The first-order valence-electron chi connectivity index (χ1n) is 20.4. The average molecular weight is 742 g/mol. The number of rotatable bonds is 3. The number of hydrogen-bond donors (Lipinski definition) is 0. The minimum absolute atomic E-state index is 1.15. The molecule has 0 fully saturated rings. The molecule has 0 N–H and O–H groups in total. The number of aryl methyl sites for hydroxylation is 12. The van der Waals surface area contributed by atoms with Crippen LogP contribution >= 0.6 is 0 Å². The van der Waals surface area contributed by atoms with Gasteiger partial charge in [0.2, 0.25) is 0 Å². The molecule has 0 unspecified atom stereocenters. The van der Waals surface area contributed by atoms with Crippen molar-refractivity contribution in [3.63, 3.8) is 0 Å². The van der Waals surface area contributed by atoms with E-state index in [9.17, 15) is 0 Å². The van der Waals surface area contributed by atoms with Gasteiger partial charge in [-0.25, -0.2) is 0 Å². The van der Waals surface area contributed by atoms with E-state index in [0.717, 1.165) is 17.1 Å². The molecule has 282 valence electrons. The smallest absolute Gasteiger partial charge is 0.0543 e. The minimum Gasteiger partial charge on any atom is -0.309 e. The van der Waals surface area contributed by atoms with E-state index in [2.05, 4.69) is 188 Å². The summed E-state index contributed by atoms with van der Waals surface area (Å²) in [5.74, 6) is 0. The topological polar surface area (TPSA) is 14.8 Å². The second-order valence-electron chi connectivity index (χ2n) is 17.4. The summed E-state index contributed by atoms with van der Waals surface area (Å²) in [6.45, 7) is 26.9. The van der Waals surface area contributed by atoms with E-state index in [-0.39, 0.29) is 0 Å². The molecule has 3 nitrogen and oxygen atoms in total. The molecule has 0 saturated carbocycles. The molecule has 0 aliphatic heterocycles. The van der Waals surface area contributed by atoms with E-state index in [1.54, 1.807) is 0 Å². The van der Waals surface area contributed by atoms with Gasteiger partial charge in [0, 0.05) is 32.3 Å². The number of fused-ring (bicyclic) bond motifs is 9. The third-order valence-corrected chi connectivity index (χ3v) is 13.7. The van der Waals surface area contributed by atoms with Crippen LogP contribution in [-0.2, 0) is 0 Å². The molecule has 3 heterocycles. The molecule has 57 heavy (non-hydrogen) atoms. The predicted molar refractivity (Wildman–Crippen MR) is 246 cm³/mol. The van der Waals surface area contributed by atoms with E-state index in [0.29, 0.717) is 0 Å². The Bertz CT molecular complexity index is 2840. The maximum absolute atomic E-state index is 2.54. The molecule has 0 bridgehead atoms. The van der Waals surface area contributed by atoms with Crippen LogP contribution in [0, 0.1) is 83.1 Å². The van der Waals surface area contributed by atoms with Crippen molar-refractivity contribution in [2.75, 3.05) is 0 Å². The molecule has 0 amide bonds. The average Bonchev–Trinajstić information content (AvgIpc) is 3.73. The quantitative estimate of drug-likeness (QED) is 0.171. The zero-order valence-electron chi connectivity index (χ0n) is 35.5. The van der Waals surface area contributed by atoms with Crippen molar-refractivity contribution in [1.29, 1.82) is 0 Å². The van der Waals surface area contributed by atoms with Gasteiger partial charge in [0.25, 0.3) is 0 Å². The summed E-state index contributed by atoms with van der Waals surface area (Å²) in [7, 11) is 0. The van der Waals surface area contributed by atoms with Crippen LogP contribution in [0.3, 0.4) is 0 Å². The zero-order chi connectivity index (χ0) is 39.9. The first-order valence-corrected chi connectivity index (χ1v) is 20.4. The van der Waals surface area contributed by atoms with Gasteiger partial charge in [-0.05, 0) is 241 Å². The molecule has 0 radical (unpaired) electrons. The van der Waals surface area contributed by atoms with Crippen molar-refractivity contribution in [1.82, 2.24) is 13.7 Å². The number of aromatic nitrogens is 3.